The molecule has 1 unspecified atom stereocenters. The van der Waals surface area contributed by atoms with Crippen molar-refractivity contribution in [1.29, 1.82) is 0 Å². The molecule has 0 saturated carbocycles. The predicted octanol–water partition coefficient (Wildman–Crippen LogP) is 3.26. The number of rotatable bonds is 5. The van der Waals surface area contributed by atoms with Crippen molar-refractivity contribution in [2.45, 2.75) is 30.0 Å². The van der Waals surface area contributed by atoms with E-state index in [1.54, 1.807) is 16.4 Å². The molecule has 2 rings (SSSR count). The number of aromatic nitrogens is 2. The molecular formula is C14H18ClN3S. The lowest BCUT2D eigenvalue weighted by atomic mass is 10.1. The van der Waals surface area contributed by atoms with Gasteiger partial charge in [0.1, 0.15) is 5.15 Å². The highest BCUT2D eigenvalue weighted by atomic mass is 35.5. The molecule has 2 N–H and O–H groups in total. The lowest BCUT2D eigenvalue weighted by Crippen LogP contribution is -2.18. The topological polar surface area (TPSA) is 43.8 Å². The number of benzene rings is 1. The molecule has 1 aromatic heterocycles. The van der Waals surface area contributed by atoms with Crippen molar-refractivity contribution in [2.75, 3.05) is 0 Å². The van der Waals surface area contributed by atoms with E-state index in [0.29, 0.717) is 5.15 Å². The number of hydrogen-bond acceptors (Lipinski definition) is 3. The van der Waals surface area contributed by atoms with Crippen LogP contribution in [-0.2, 0) is 19.2 Å². The molecule has 1 aromatic carbocycles. The van der Waals surface area contributed by atoms with E-state index in [9.17, 15) is 0 Å². The average Bonchev–Trinajstić information content (AvgIpc) is 2.65. The van der Waals surface area contributed by atoms with Crippen LogP contribution < -0.4 is 5.73 Å². The van der Waals surface area contributed by atoms with Crippen LogP contribution in [0.1, 0.15) is 18.2 Å². The van der Waals surface area contributed by atoms with Crippen LogP contribution >= 0.6 is 23.4 Å². The van der Waals surface area contributed by atoms with Crippen LogP contribution in [0, 0.1) is 0 Å². The van der Waals surface area contributed by atoms with Crippen molar-refractivity contribution in [2.24, 2.45) is 12.8 Å². The predicted molar refractivity (Wildman–Crippen MR) is 81.6 cm³/mol. The monoisotopic (exact) mass is 295 g/mol. The van der Waals surface area contributed by atoms with Crippen LogP contribution in [0.3, 0.4) is 0 Å². The van der Waals surface area contributed by atoms with Gasteiger partial charge in [0.05, 0.1) is 5.69 Å². The van der Waals surface area contributed by atoms with E-state index in [2.05, 4.69) is 17.2 Å². The van der Waals surface area contributed by atoms with Gasteiger partial charge < -0.3 is 5.73 Å². The van der Waals surface area contributed by atoms with Gasteiger partial charge in [0.15, 0.2) is 0 Å². The average molecular weight is 296 g/mol. The van der Waals surface area contributed by atoms with Gasteiger partial charge >= 0.3 is 0 Å². The summed E-state index contributed by atoms with van der Waals surface area (Å²) in [6.45, 7) is 1.98. The summed E-state index contributed by atoms with van der Waals surface area (Å²) < 4.78 is 1.72. The molecule has 0 radical (unpaired) electrons. The number of hydrogen-bond donors (Lipinski definition) is 1. The van der Waals surface area contributed by atoms with Gasteiger partial charge in [-0.1, -0.05) is 29.8 Å². The molecule has 0 aliphatic heterocycles. The Morgan fingerprint density at radius 2 is 2.05 bits per heavy atom. The van der Waals surface area contributed by atoms with E-state index in [0.717, 1.165) is 23.4 Å². The Balaban J connectivity index is 2.13. The highest BCUT2D eigenvalue weighted by molar-refractivity contribution is 7.98. The molecule has 3 nitrogen and oxygen atoms in total. The molecule has 0 amide bonds. The van der Waals surface area contributed by atoms with E-state index in [1.807, 2.05) is 32.2 Å². The lowest BCUT2D eigenvalue weighted by Gasteiger charge is -2.06. The summed E-state index contributed by atoms with van der Waals surface area (Å²) in [7, 11) is 1.86. The van der Waals surface area contributed by atoms with Crippen molar-refractivity contribution >= 4 is 23.4 Å². The summed E-state index contributed by atoms with van der Waals surface area (Å²) >= 11 is 8.04. The summed E-state index contributed by atoms with van der Waals surface area (Å²) in [4.78, 5) is 1.23. The second-order valence-corrected chi connectivity index (χ2v) is 6.03. The first kappa shape index (κ1) is 14.4. The third-order valence-corrected chi connectivity index (χ3v) is 4.29. The van der Waals surface area contributed by atoms with Gasteiger partial charge in [-0.3, -0.25) is 4.68 Å². The first-order chi connectivity index (χ1) is 9.08. The molecule has 0 aliphatic carbocycles. The summed E-state index contributed by atoms with van der Waals surface area (Å²) in [5.41, 5.74) is 7.97. The highest BCUT2D eigenvalue weighted by Crippen LogP contribution is 2.27. The lowest BCUT2D eigenvalue weighted by molar-refractivity contribution is 0.733. The zero-order chi connectivity index (χ0) is 13.8. The van der Waals surface area contributed by atoms with Crippen molar-refractivity contribution in [1.82, 2.24) is 9.78 Å². The minimum Gasteiger partial charge on any atom is -0.328 e. The summed E-state index contributed by atoms with van der Waals surface area (Å²) in [6, 6.07) is 10.4. The molecule has 19 heavy (non-hydrogen) atoms. The molecule has 0 aliphatic rings. The summed E-state index contributed by atoms with van der Waals surface area (Å²) in [5, 5.41) is 5.18. The fourth-order valence-electron chi connectivity index (χ4n) is 1.91. The number of nitrogens with two attached hydrogens (primary N) is 1. The van der Waals surface area contributed by atoms with Crippen LogP contribution in [0.5, 0.6) is 0 Å². The first-order valence-electron chi connectivity index (χ1n) is 6.21. The van der Waals surface area contributed by atoms with E-state index in [4.69, 9.17) is 17.3 Å². The smallest absolute Gasteiger partial charge is 0.130 e. The van der Waals surface area contributed by atoms with E-state index >= 15 is 0 Å². The zero-order valence-electron chi connectivity index (χ0n) is 11.1. The second-order valence-electron chi connectivity index (χ2n) is 4.62. The molecule has 2 aromatic rings. The Kier molecular flexibility index (Phi) is 4.91. The van der Waals surface area contributed by atoms with Crippen molar-refractivity contribution in [3.05, 3.63) is 46.7 Å². The van der Waals surface area contributed by atoms with Crippen LogP contribution in [0.25, 0.3) is 0 Å². The van der Waals surface area contributed by atoms with Crippen LogP contribution in [0.4, 0.5) is 0 Å². The van der Waals surface area contributed by atoms with Gasteiger partial charge in [-0.05, 0) is 25.5 Å². The standard InChI is InChI=1S/C14H18ClN3S/c1-10(16)8-12-13(17-18(2)14(12)15)9-19-11-6-4-3-5-7-11/h3-7,10H,8-9,16H2,1-2H3. The fourth-order valence-corrected chi connectivity index (χ4v) is 3.02. The number of aryl methyl sites for hydroxylation is 1. The zero-order valence-corrected chi connectivity index (χ0v) is 12.7. The fraction of sp³-hybridized carbons (Fsp3) is 0.357. The van der Waals surface area contributed by atoms with E-state index < -0.39 is 0 Å². The normalized spacial score (nSPS) is 12.6. The Hall–Kier alpha value is -0.970. The molecule has 102 valence electrons. The third kappa shape index (κ3) is 3.75. The number of nitrogens with zero attached hydrogens (tertiary/aromatic N) is 2. The summed E-state index contributed by atoms with van der Waals surface area (Å²) in [5.74, 6) is 0.812. The Labute approximate surface area is 123 Å². The molecule has 5 heteroatoms. The minimum absolute atomic E-state index is 0.0853. The SMILES string of the molecule is CC(N)Cc1c(CSc2ccccc2)nn(C)c1Cl. The van der Waals surface area contributed by atoms with Crippen molar-refractivity contribution in [3.63, 3.8) is 0 Å². The second kappa shape index (κ2) is 6.46. The van der Waals surface area contributed by atoms with Gasteiger partial charge in [-0.25, -0.2) is 0 Å². The first-order valence-corrected chi connectivity index (χ1v) is 7.58. The van der Waals surface area contributed by atoms with Gasteiger partial charge in [-0.15, -0.1) is 11.8 Å². The van der Waals surface area contributed by atoms with Gasteiger partial charge in [0, 0.05) is 29.3 Å². The van der Waals surface area contributed by atoms with Crippen LogP contribution in [0.15, 0.2) is 35.2 Å². The summed E-state index contributed by atoms with van der Waals surface area (Å²) in [6.07, 6.45) is 0.761. The molecule has 0 saturated heterocycles. The van der Waals surface area contributed by atoms with Crippen molar-refractivity contribution < 1.29 is 0 Å². The van der Waals surface area contributed by atoms with Crippen molar-refractivity contribution in [3.8, 4) is 0 Å². The minimum atomic E-state index is 0.0853. The maximum Gasteiger partial charge on any atom is 0.130 e. The molecule has 0 spiro atoms. The van der Waals surface area contributed by atoms with Gasteiger partial charge in [0.25, 0.3) is 0 Å². The third-order valence-electron chi connectivity index (χ3n) is 2.80. The molecule has 0 bridgehead atoms. The molecule has 1 heterocycles. The number of thioether (sulfide) groups is 1. The quantitative estimate of drug-likeness (QED) is 0.861. The van der Waals surface area contributed by atoms with E-state index in [1.165, 1.54) is 4.90 Å². The Morgan fingerprint density at radius 3 is 2.68 bits per heavy atom. The van der Waals surface area contributed by atoms with Crippen LogP contribution in [0.2, 0.25) is 5.15 Å². The van der Waals surface area contributed by atoms with E-state index in [-0.39, 0.29) is 6.04 Å². The van der Waals surface area contributed by atoms with Gasteiger partial charge in [-0.2, -0.15) is 5.10 Å². The Morgan fingerprint density at radius 1 is 1.37 bits per heavy atom. The van der Waals surface area contributed by atoms with Gasteiger partial charge in [0.2, 0.25) is 0 Å². The maximum atomic E-state index is 6.28. The molecule has 0 fully saturated rings. The molecular weight excluding hydrogens is 278 g/mol. The largest absolute Gasteiger partial charge is 0.328 e. The highest BCUT2D eigenvalue weighted by Gasteiger charge is 2.15. The molecule has 1 atom stereocenters. The Bertz CT molecular complexity index is 537. The van der Waals surface area contributed by atoms with Crippen LogP contribution in [-0.4, -0.2) is 15.8 Å². The number of halogens is 1. The maximum absolute atomic E-state index is 6.28.